The summed E-state index contributed by atoms with van der Waals surface area (Å²) in [7, 11) is 0. The summed E-state index contributed by atoms with van der Waals surface area (Å²) in [5.74, 6) is -0.173. The van der Waals surface area contributed by atoms with Gasteiger partial charge in [-0.15, -0.1) is 0 Å². The molecule has 1 amide bonds. The largest absolute Gasteiger partial charge is 0.337 e. The van der Waals surface area contributed by atoms with Gasteiger partial charge in [0.2, 0.25) is 5.91 Å². The molecule has 1 fully saturated rings. The zero-order valence-corrected chi connectivity index (χ0v) is 19.3. The summed E-state index contributed by atoms with van der Waals surface area (Å²) in [5.41, 5.74) is -0.174. The first kappa shape index (κ1) is 23.3. The van der Waals surface area contributed by atoms with Crippen LogP contribution in [0.4, 0.5) is 0 Å². The maximum Gasteiger partial charge on any atom is 0.262 e. The van der Waals surface area contributed by atoms with Gasteiger partial charge in [0.05, 0.1) is 22.2 Å². The van der Waals surface area contributed by atoms with Crippen molar-refractivity contribution in [3.05, 3.63) is 34.6 Å². The second-order valence-electron chi connectivity index (χ2n) is 8.43. The molecule has 0 bridgehead atoms. The van der Waals surface area contributed by atoms with Crippen molar-refractivity contribution in [1.29, 1.82) is 5.26 Å². The van der Waals surface area contributed by atoms with Crippen LogP contribution in [0.3, 0.4) is 0 Å². The monoisotopic (exact) mass is 440 g/mol. The summed E-state index contributed by atoms with van der Waals surface area (Å²) in [6.45, 7) is 4.57. The van der Waals surface area contributed by atoms with Crippen LogP contribution >= 0.6 is 11.8 Å². The van der Waals surface area contributed by atoms with Gasteiger partial charge in [0.1, 0.15) is 5.54 Å². The first-order valence-electron chi connectivity index (χ1n) is 11.4. The zero-order chi connectivity index (χ0) is 22.3. The first-order chi connectivity index (χ1) is 15.0. The number of thioether (sulfide) groups is 1. The Morgan fingerprint density at radius 2 is 2.00 bits per heavy atom. The predicted octanol–water partition coefficient (Wildman–Crippen LogP) is 4.80. The third-order valence-electron chi connectivity index (χ3n) is 6.00. The molecule has 31 heavy (non-hydrogen) atoms. The summed E-state index contributed by atoms with van der Waals surface area (Å²) in [6, 6.07) is 9.69. The number of rotatable bonds is 9. The van der Waals surface area contributed by atoms with E-state index in [1.54, 1.807) is 10.6 Å². The summed E-state index contributed by atoms with van der Waals surface area (Å²) in [5, 5.41) is 13.4. The molecule has 7 heteroatoms. The van der Waals surface area contributed by atoms with Gasteiger partial charge >= 0.3 is 0 Å². The van der Waals surface area contributed by atoms with Crippen LogP contribution in [0.1, 0.15) is 71.6 Å². The lowest BCUT2D eigenvalue weighted by Gasteiger charge is -2.32. The number of amides is 1. The van der Waals surface area contributed by atoms with E-state index in [1.807, 2.05) is 25.1 Å². The number of hydrogen-bond donors (Lipinski definition) is 1. The van der Waals surface area contributed by atoms with E-state index in [9.17, 15) is 14.9 Å². The lowest BCUT2D eigenvalue weighted by Crippen LogP contribution is -2.51. The minimum Gasteiger partial charge on any atom is -0.337 e. The Morgan fingerprint density at radius 1 is 1.26 bits per heavy atom. The van der Waals surface area contributed by atoms with Gasteiger partial charge < -0.3 is 5.32 Å². The number of nitriles is 1. The van der Waals surface area contributed by atoms with Gasteiger partial charge in [0.25, 0.3) is 5.56 Å². The molecule has 0 spiro atoms. The Bertz CT molecular complexity index is 1000. The van der Waals surface area contributed by atoms with Gasteiger partial charge in [-0.1, -0.05) is 69.3 Å². The van der Waals surface area contributed by atoms with E-state index in [2.05, 4.69) is 18.3 Å². The minimum atomic E-state index is -0.763. The first-order valence-corrected chi connectivity index (χ1v) is 12.3. The fraction of sp³-hybridized carbons (Fsp3) is 0.583. The molecule has 1 heterocycles. The molecule has 3 rings (SSSR count). The van der Waals surface area contributed by atoms with Crippen molar-refractivity contribution in [3.8, 4) is 6.07 Å². The van der Waals surface area contributed by atoms with Crippen LogP contribution in [0, 0.1) is 11.3 Å². The Kier molecular flexibility index (Phi) is 8.14. The number of nitrogens with zero attached hydrogens (tertiary/aromatic N) is 3. The highest BCUT2D eigenvalue weighted by molar-refractivity contribution is 8.00. The van der Waals surface area contributed by atoms with E-state index in [1.165, 1.54) is 11.8 Å². The smallest absolute Gasteiger partial charge is 0.262 e. The molecule has 1 aromatic heterocycles. The normalized spacial score (nSPS) is 16.5. The minimum absolute atomic E-state index is 0.0574. The molecular weight excluding hydrogens is 408 g/mol. The number of para-hydroxylation sites is 1. The van der Waals surface area contributed by atoms with Crippen LogP contribution in [0.2, 0.25) is 0 Å². The fourth-order valence-electron chi connectivity index (χ4n) is 4.10. The van der Waals surface area contributed by atoms with E-state index < -0.39 is 10.8 Å². The molecule has 1 saturated carbocycles. The van der Waals surface area contributed by atoms with E-state index in [-0.39, 0.29) is 11.5 Å². The summed E-state index contributed by atoms with van der Waals surface area (Å²) >= 11 is 1.30. The van der Waals surface area contributed by atoms with Gasteiger partial charge in [0.15, 0.2) is 5.16 Å². The maximum atomic E-state index is 13.1. The molecule has 1 unspecified atom stereocenters. The quantitative estimate of drug-likeness (QED) is 0.344. The Labute approximate surface area is 188 Å². The topological polar surface area (TPSA) is 87.8 Å². The number of unbranched alkanes of at least 4 members (excludes halogenated alkanes) is 3. The number of hydrogen-bond acceptors (Lipinski definition) is 5. The number of benzene rings is 1. The SMILES string of the molecule is CCCCCCn1c(SC(C)C(=O)NC2(C#N)CCCCC2)nc2ccccc2c1=O. The highest BCUT2D eigenvalue weighted by Gasteiger charge is 2.35. The lowest BCUT2D eigenvalue weighted by molar-refractivity contribution is -0.121. The molecule has 166 valence electrons. The second-order valence-corrected chi connectivity index (χ2v) is 9.74. The second kappa shape index (κ2) is 10.8. The number of aromatic nitrogens is 2. The molecule has 2 aromatic rings. The highest BCUT2D eigenvalue weighted by atomic mass is 32.2. The Balaban J connectivity index is 1.82. The van der Waals surface area contributed by atoms with Crippen molar-refractivity contribution >= 4 is 28.6 Å². The highest BCUT2D eigenvalue weighted by Crippen LogP contribution is 2.29. The van der Waals surface area contributed by atoms with Crippen LogP contribution in [-0.2, 0) is 11.3 Å². The molecule has 1 aromatic carbocycles. The third-order valence-corrected chi connectivity index (χ3v) is 7.09. The lowest BCUT2D eigenvalue weighted by atomic mass is 9.83. The number of carbonyl (C=O) groups excluding carboxylic acids is 1. The van der Waals surface area contributed by atoms with E-state index in [4.69, 9.17) is 4.98 Å². The van der Waals surface area contributed by atoms with Crippen molar-refractivity contribution in [1.82, 2.24) is 14.9 Å². The summed E-state index contributed by atoms with van der Waals surface area (Å²) in [4.78, 5) is 30.8. The van der Waals surface area contributed by atoms with Gasteiger partial charge in [-0.05, 0) is 38.3 Å². The number of nitrogens with one attached hydrogen (secondary N) is 1. The van der Waals surface area contributed by atoms with Crippen LogP contribution < -0.4 is 10.9 Å². The van der Waals surface area contributed by atoms with E-state index in [0.717, 1.165) is 44.9 Å². The van der Waals surface area contributed by atoms with Crippen molar-refractivity contribution in [2.75, 3.05) is 0 Å². The average Bonchev–Trinajstić information content (AvgIpc) is 2.79. The fourth-order valence-corrected chi connectivity index (χ4v) is 5.04. The maximum absolute atomic E-state index is 13.1. The van der Waals surface area contributed by atoms with Crippen molar-refractivity contribution in [2.45, 2.75) is 94.1 Å². The molecule has 6 nitrogen and oxygen atoms in total. The summed E-state index contributed by atoms with van der Waals surface area (Å²) < 4.78 is 1.72. The Hall–Kier alpha value is -2.33. The van der Waals surface area contributed by atoms with Crippen molar-refractivity contribution < 1.29 is 4.79 Å². The van der Waals surface area contributed by atoms with Gasteiger partial charge in [-0.25, -0.2) is 4.98 Å². The van der Waals surface area contributed by atoms with E-state index >= 15 is 0 Å². The van der Waals surface area contributed by atoms with Crippen LogP contribution in [0.15, 0.2) is 34.2 Å². The van der Waals surface area contributed by atoms with Crippen molar-refractivity contribution in [2.24, 2.45) is 0 Å². The average molecular weight is 441 g/mol. The summed E-state index contributed by atoms with van der Waals surface area (Å²) in [6.07, 6.45) is 8.64. The van der Waals surface area contributed by atoms with Crippen LogP contribution in [0.5, 0.6) is 0 Å². The molecule has 0 saturated heterocycles. The number of carbonyl (C=O) groups is 1. The molecule has 0 aliphatic heterocycles. The molecular formula is C24H32N4O2S. The predicted molar refractivity (Wildman–Crippen MR) is 125 cm³/mol. The molecule has 0 radical (unpaired) electrons. The molecule has 1 aliphatic carbocycles. The molecule has 1 aliphatic rings. The van der Waals surface area contributed by atoms with Gasteiger partial charge in [0, 0.05) is 6.54 Å². The van der Waals surface area contributed by atoms with E-state index in [0.29, 0.717) is 35.4 Å². The van der Waals surface area contributed by atoms with Crippen LogP contribution in [-0.4, -0.2) is 26.2 Å². The molecule has 1 atom stereocenters. The standard InChI is InChI=1S/C24H32N4O2S/c1-3-4-5-11-16-28-22(30)19-12-7-8-13-20(19)26-23(28)31-18(2)21(29)27-24(17-25)14-9-6-10-15-24/h7-8,12-13,18H,3-6,9-11,14-16H2,1-2H3,(H,27,29). The van der Waals surface area contributed by atoms with Crippen molar-refractivity contribution in [3.63, 3.8) is 0 Å². The third kappa shape index (κ3) is 5.68. The van der Waals surface area contributed by atoms with Crippen LogP contribution in [0.25, 0.3) is 10.9 Å². The zero-order valence-electron chi connectivity index (χ0n) is 18.5. The van der Waals surface area contributed by atoms with Gasteiger partial charge in [-0.3, -0.25) is 14.2 Å². The van der Waals surface area contributed by atoms with Gasteiger partial charge in [-0.2, -0.15) is 5.26 Å². The Morgan fingerprint density at radius 3 is 2.71 bits per heavy atom. The molecule has 1 N–H and O–H groups in total. The number of fused-ring (bicyclic) bond motifs is 1.